The number of rotatable bonds is 14. The Morgan fingerprint density at radius 1 is 0.289 bits per heavy atom. The molecule has 0 radical (unpaired) electrons. The first-order valence-electron chi connectivity index (χ1n) is 10.2. The van der Waals surface area contributed by atoms with E-state index in [1.54, 1.807) is 0 Å². The van der Waals surface area contributed by atoms with E-state index in [2.05, 4.69) is 0 Å². The van der Waals surface area contributed by atoms with E-state index >= 15 is 0 Å². The second-order valence-corrected chi connectivity index (χ2v) is 27.6. The number of halogens is 28. The molecule has 272 valence electrons. The molecule has 0 spiro atoms. The second kappa shape index (κ2) is 11.9. The molecule has 45 heavy (non-hydrogen) atoms. The molecule has 0 bridgehead atoms. The van der Waals surface area contributed by atoms with Gasteiger partial charge in [-0.1, -0.05) is 0 Å². The average Bonchev–Trinajstić information content (AvgIpc) is 2.79. The van der Waals surface area contributed by atoms with E-state index in [9.17, 15) is 114 Å². The summed E-state index contributed by atoms with van der Waals surface area (Å²) >= 11 is -6.51. The van der Waals surface area contributed by atoms with Gasteiger partial charge in [0.25, 0.3) is 0 Å². The van der Waals surface area contributed by atoms with E-state index in [0.29, 0.717) is 0 Å². The van der Waals surface area contributed by atoms with Gasteiger partial charge in [0, 0.05) is 0 Å². The van der Waals surface area contributed by atoms with Crippen molar-refractivity contribution in [3.63, 3.8) is 0 Å². The number of alkyl halides is 26. The van der Waals surface area contributed by atoms with Crippen molar-refractivity contribution in [1.82, 2.24) is 0 Å². The van der Waals surface area contributed by atoms with Crippen molar-refractivity contribution in [1.29, 1.82) is 0 Å². The summed E-state index contributed by atoms with van der Waals surface area (Å²) in [5.41, 5.74) is 0. The SMILES string of the molecule is FC(F)(F)C(F)(F)C(F)(F)C(F)(F)C(F)(F)C(F)(F)C[CH2][Sn]([Cl])([Cl])[CH2]CC(F)(F)C(F)(F)C(F)(F)C(F)(F)C(F)(F)C(F)(F)F. The van der Waals surface area contributed by atoms with Crippen LogP contribution < -0.4 is 0 Å². The monoisotopic (exact) mass is 884 g/mol. The Balaban J connectivity index is 6.20. The first kappa shape index (κ1) is 44.6. The van der Waals surface area contributed by atoms with E-state index < -0.39 is 109 Å². The molecule has 0 aromatic rings. The van der Waals surface area contributed by atoms with Crippen LogP contribution in [0.2, 0.25) is 8.87 Å². The molecule has 0 saturated heterocycles. The molecule has 0 atom stereocenters. The number of hydrogen-bond donors (Lipinski definition) is 0. The molecular formula is C16H8Cl2F26Sn. The van der Waals surface area contributed by atoms with Gasteiger partial charge in [0.1, 0.15) is 0 Å². The van der Waals surface area contributed by atoms with Crippen LogP contribution in [-0.2, 0) is 0 Å². The third-order valence-corrected chi connectivity index (χ3v) is 16.3. The Bertz CT molecular complexity index is 959. The molecule has 0 N–H and O–H groups in total. The molecule has 0 aliphatic rings. The molecule has 0 nitrogen and oxygen atoms in total. The van der Waals surface area contributed by atoms with Gasteiger partial charge in [0.2, 0.25) is 0 Å². The Labute approximate surface area is 241 Å². The zero-order chi connectivity index (χ0) is 37.3. The minimum absolute atomic E-state index is 2.39. The van der Waals surface area contributed by atoms with Crippen molar-refractivity contribution in [2.75, 3.05) is 0 Å². The van der Waals surface area contributed by atoms with Crippen LogP contribution in [0.1, 0.15) is 12.8 Å². The predicted octanol–water partition coefficient (Wildman–Crippen LogP) is 11.2. The third-order valence-electron chi connectivity index (χ3n) is 5.61. The zero-order valence-electron chi connectivity index (χ0n) is 19.9. The van der Waals surface area contributed by atoms with E-state index in [4.69, 9.17) is 17.8 Å². The van der Waals surface area contributed by atoms with Gasteiger partial charge in [-0.3, -0.25) is 0 Å². The van der Waals surface area contributed by atoms with Gasteiger partial charge in [-0.05, 0) is 0 Å². The molecule has 0 aliphatic carbocycles. The number of hydrogen-bond acceptors (Lipinski definition) is 0. The van der Waals surface area contributed by atoms with Crippen molar-refractivity contribution in [3.05, 3.63) is 0 Å². The van der Waals surface area contributed by atoms with Crippen LogP contribution in [0.5, 0.6) is 0 Å². The Morgan fingerprint density at radius 2 is 0.467 bits per heavy atom. The summed E-state index contributed by atoms with van der Waals surface area (Å²) in [6, 6.07) is 0. The summed E-state index contributed by atoms with van der Waals surface area (Å²) in [4.78, 5) is 0. The van der Waals surface area contributed by atoms with Crippen molar-refractivity contribution in [2.45, 2.75) is 93.3 Å². The third kappa shape index (κ3) is 7.01. The molecule has 0 saturated carbocycles. The van der Waals surface area contributed by atoms with E-state index in [0.717, 1.165) is 0 Å². The van der Waals surface area contributed by atoms with Gasteiger partial charge in [-0.25, -0.2) is 0 Å². The topological polar surface area (TPSA) is 0 Å². The van der Waals surface area contributed by atoms with Crippen LogP contribution in [0.4, 0.5) is 114 Å². The Morgan fingerprint density at radius 3 is 0.644 bits per heavy atom. The van der Waals surface area contributed by atoms with E-state index in [1.807, 2.05) is 0 Å². The van der Waals surface area contributed by atoms with Crippen molar-refractivity contribution in [2.24, 2.45) is 0 Å². The maximum absolute atomic E-state index is 13.8. The molecule has 0 aromatic carbocycles. The van der Waals surface area contributed by atoms with Gasteiger partial charge in [-0.15, -0.1) is 0 Å². The molecule has 0 amide bonds. The summed E-state index contributed by atoms with van der Waals surface area (Å²) in [7, 11) is 10.3. The quantitative estimate of drug-likeness (QED) is 0.120. The second-order valence-electron chi connectivity index (χ2n) is 8.86. The Hall–Kier alpha value is -0.441. The minimum atomic E-state index is -8.36. The standard InChI is InChI=1S/2C8H4F13.2ClH.Sn/c2*1-2-3(9,10)4(11,12)5(13,14)6(15,16)7(17,18)8(19,20)21;;;/h2*1-2H2;2*1H;/q;;;;+2/p-2. The summed E-state index contributed by atoms with van der Waals surface area (Å²) < 4.78 is 335. The first-order valence-corrected chi connectivity index (χ1v) is 21.5. The average molecular weight is 884 g/mol. The van der Waals surface area contributed by atoms with Crippen LogP contribution in [0.3, 0.4) is 0 Å². The molecular weight excluding hydrogens is 876 g/mol. The van der Waals surface area contributed by atoms with Crippen LogP contribution in [0.25, 0.3) is 0 Å². The van der Waals surface area contributed by atoms with Gasteiger partial charge in [0.15, 0.2) is 0 Å². The van der Waals surface area contributed by atoms with Gasteiger partial charge in [0.05, 0.1) is 0 Å². The van der Waals surface area contributed by atoms with Crippen molar-refractivity contribution < 1.29 is 114 Å². The van der Waals surface area contributed by atoms with Crippen LogP contribution in [0.15, 0.2) is 0 Å². The fourth-order valence-electron chi connectivity index (χ4n) is 2.72. The maximum atomic E-state index is 13.8. The van der Waals surface area contributed by atoms with E-state index in [-0.39, 0.29) is 0 Å². The summed E-state index contributed by atoms with van der Waals surface area (Å²) in [6.45, 7) is 0. The molecule has 0 heterocycles. The normalized spacial score (nSPS) is 16.8. The first-order chi connectivity index (χ1) is 18.9. The van der Waals surface area contributed by atoms with E-state index in [1.165, 1.54) is 0 Å². The molecule has 0 aromatic heterocycles. The molecule has 29 heteroatoms. The fraction of sp³-hybridized carbons (Fsp3) is 1.00. The van der Waals surface area contributed by atoms with Crippen LogP contribution in [0, 0.1) is 0 Å². The van der Waals surface area contributed by atoms with Crippen molar-refractivity contribution in [3.8, 4) is 0 Å². The van der Waals surface area contributed by atoms with Crippen molar-refractivity contribution >= 4 is 34.0 Å². The van der Waals surface area contributed by atoms with Gasteiger partial charge >= 0.3 is 241 Å². The summed E-state index contributed by atoms with van der Waals surface area (Å²) in [5, 5.41) is 0. The van der Waals surface area contributed by atoms with Crippen LogP contribution in [-0.4, -0.2) is 87.7 Å². The Kier molecular flexibility index (Phi) is 11.7. The van der Waals surface area contributed by atoms with Gasteiger partial charge < -0.3 is 0 Å². The summed E-state index contributed by atoms with van der Waals surface area (Å²) in [5.74, 6) is -79.4. The fourth-order valence-corrected chi connectivity index (χ4v) is 9.85. The van der Waals surface area contributed by atoms with Crippen LogP contribution >= 0.6 is 17.8 Å². The van der Waals surface area contributed by atoms with Gasteiger partial charge in [-0.2, -0.15) is 0 Å². The summed E-state index contributed by atoms with van der Waals surface area (Å²) in [6.07, 6.45) is -22.1. The molecule has 0 rings (SSSR count). The predicted molar refractivity (Wildman–Crippen MR) is 97.9 cm³/mol. The zero-order valence-corrected chi connectivity index (χ0v) is 24.3. The molecule has 0 unspecified atom stereocenters. The molecule has 0 fully saturated rings. The molecule has 0 aliphatic heterocycles.